The molecular weight excluding hydrogens is 394 g/mol. The molecule has 154 valence electrons. The molecular formula is C23H26N5OS+. The van der Waals surface area contributed by atoms with Crippen molar-refractivity contribution in [2.45, 2.75) is 19.9 Å². The Labute approximate surface area is 180 Å². The summed E-state index contributed by atoms with van der Waals surface area (Å²) in [6.07, 6.45) is 0. The molecule has 7 heteroatoms. The molecule has 4 aromatic rings. The molecule has 0 bridgehead atoms. The molecule has 1 fully saturated rings. The Morgan fingerprint density at radius 3 is 2.40 bits per heavy atom. The van der Waals surface area contributed by atoms with Crippen molar-refractivity contribution in [3.8, 4) is 5.88 Å². The average molecular weight is 421 g/mol. The lowest BCUT2D eigenvalue weighted by Crippen LogP contribution is -3.15. The summed E-state index contributed by atoms with van der Waals surface area (Å²) in [7, 11) is 0. The van der Waals surface area contributed by atoms with Crippen LogP contribution in [-0.4, -0.2) is 45.9 Å². The Kier molecular flexibility index (Phi) is 4.92. The number of hydrogen-bond donors (Lipinski definition) is 2. The summed E-state index contributed by atoms with van der Waals surface area (Å²) in [5, 5.41) is 15.4. The van der Waals surface area contributed by atoms with Crippen molar-refractivity contribution in [3.05, 3.63) is 76.4 Å². The molecule has 6 nitrogen and oxygen atoms in total. The quantitative estimate of drug-likeness (QED) is 0.533. The first kappa shape index (κ1) is 19.1. The number of nitrogens with one attached hydrogen (secondary N) is 1. The van der Waals surface area contributed by atoms with Crippen molar-refractivity contribution in [1.82, 2.24) is 14.6 Å². The lowest BCUT2D eigenvalue weighted by Gasteiger charge is -2.37. The number of aryl methyl sites for hydroxylation is 2. The van der Waals surface area contributed by atoms with E-state index in [4.69, 9.17) is 0 Å². The van der Waals surface area contributed by atoms with Gasteiger partial charge in [0.1, 0.15) is 10.7 Å². The summed E-state index contributed by atoms with van der Waals surface area (Å²) in [6.45, 7) is 7.98. The van der Waals surface area contributed by atoms with Crippen molar-refractivity contribution >= 4 is 22.0 Å². The van der Waals surface area contributed by atoms with Gasteiger partial charge in [-0.15, -0.1) is 5.10 Å². The third-order valence-corrected chi connectivity index (χ3v) is 7.09. The predicted molar refractivity (Wildman–Crippen MR) is 120 cm³/mol. The van der Waals surface area contributed by atoms with Crippen LogP contribution in [-0.2, 0) is 0 Å². The number of thiazole rings is 1. The first-order chi connectivity index (χ1) is 14.6. The highest BCUT2D eigenvalue weighted by Crippen LogP contribution is 2.36. The van der Waals surface area contributed by atoms with Crippen molar-refractivity contribution in [1.29, 1.82) is 0 Å². The number of anilines is 1. The van der Waals surface area contributed by atoms with E-state index in [1.807, 2.05) is 6.92 Å². The number of quaternary nitrogens is 1. The molecule has 0 amide bonds. The van der Waals surface area contributed by atoms with E-state index in [2.05, 4.69) is 76.5 Å². The zero-order chi connectivity index (χ0) is 20.7. The molecule has 2 aromatic carbocycles. The van der Waals surface area contributed by atoms with Gasteiger partial charge in [-0.25, -0.2) is 4.98 Å². The van der Waals surface area contributed by atoms with E-state index >= 15 is 0 Å². The Hall–Kier alpha value is -2.90. The molecule has 1 saturated heterocycles. The molecule has 0 spiro atoms. The molecule has 1 atom stereocenters. The van der Waals surface area contributed by atoms with Crippen molar-refractivity contribution in [3.63, 3.8) is 0 Å². The number of para-hydroxylation sites is 1. The maximum atomic E-state index is 11.0. The zero-order valence-corrected chi connectivity index (χ0v) is 18.1. The van der Waals surface area contributed by atoms with Gasteiger partial charge in [-0.2, -0.15) is 4.52 Å². The lowest BCUT2D eigenvalue weighted by atomic mass is 9.98. The van der Waals surface area contributed by atoms with Crippen LogP contribution in [0.3, 0.4) is 0 Å². The highest BCUT2D eigenvalue weighted by molar-refractivity contribution is 7.17. The van der Waals surface area contributed by atoms with E-state index < -0.39 is 0 Å². The van der Waals surface area contributed by atoms with E-state index in [9.17, 15) is 5.11 Å². The largest absolute Gasteiger partial charge is 0.492 e. The summed E-state index contributed by atoms with van der Waals surface area (Å²) >= 11 is 1.55. The second-order valence-electron chi connectivity index (χ2n) is 7.91. The second-order valence-corrected chi connectivity index (χ2v) is 8.92. The summed E-state index contributed by atoms with van der Waals surface area (Å²) < 4.78 is 1.58. The number of aromatic nitrogens is 3. The molecule has 2 N–H and O–H groups in total. The van der Waals surface area contributed by atoms with E-state index in [1.165, 1.54) is 21.7 Å². The molecule has 0 aliphatic carbocycles. The standard InChI is InChI=1S/C23H25N5OS/c1-16-8-6-7-11-19(16)20(21-22(29)28-23(30-21)24-17(2)25-28)27-14-12-26(13-15-27)18-9-4-3-5-10-18/h3-11,20,29H,12-15H2,1-2H3/p+1/t20-/m0/s1. The number of benzene rings is 2. The molecule has 3 heterocycles. The Morgan fingerprint density at radius 1 is 1.00 bits per heavy atom. The van der Waals surface area contributed by atoms with Crippen LogP contribution in [0.15, 0.2) is 54.6 Å². The fraction of sp³-hybridized carbons (Fsp3) is 0.304. The van der Waals surface area contributed by atoms with Gasteiger partial charge >= 0.3 is 0 Å². The van der Waals surface area contributed by atoms with E-state index in [1.54, 1.807) is 15.9 Å². The molecule has 1 aliphatic rings. The minimum Gasteiger partial charge on any atom is -0.492 e. The smallest absolute Gasteiger partial charge is 0.235 e. The van der Waals surface area contributed by atoms with Crippen LogP contribution in [0.25, 0.3) is 4.96 Å². The first-order valence-electron chi connectivity index (χ1n) is 10.4. The summed E-state index contributed by atoms with van der Waals surface area (Å²) in [4.78, 5) is 10.1. The number of aromatic hydroxyl groups is 1. The minimum absolute atomic E-state index is 0.0675. The van der Waals surface area contributed by atoms with Gasteiger partial charge in [0.25, 0.3) is 0 Å². The molecule has 0 saturated carbocycles. The molecule has 2 aromatic heterocycles. The predicted octanol–water partition coefficient (Wildman–Crippen LogP) is 2.61. The van der Waals surface area contributed by atoms with Gasteiger partial charge in [0.05, 0.1) is 26.2 Å². The van der Waals surface area contributed by atoms with Crippen LogP contribution < -0.4 is 9.80 Å². The molecule has 5 rings (SSSR count). The Bertz CT molecular complexity index is 1160. The van der Waals surface area contributed by atoms with Crippen LogP contribution >= 0.6 is 11.3 Å². The average Bonchev–Trinajstić information content (AvgIpc) is 3.28. The van der Waals surface area contributed by atoms with Crippen molar-refractivity contribution in [2.24, 2.45) is 0 Å². The van der Waals surface area contributed by atoms with Gasteiger partial charge in [0.2, 0.25) is 10.8 Å². The summed E-state index contributed by atoms with van der Waals surface area (Å²) in [6, 6.07) is 19.2. The molecule has 0 unspecified atom stereocenters. The zero-order valence-electron chi connectivity index (χ0n) is 17.2. The SMILES string of the molecule is Cc1nc2sc([C@H](c3ccccc3C)[NH+]3CCN(c4ccccc4)CC3)c(O)n2n1. The lowest BCUT2D eigenvalue weighted by molar-refractivity contribution is -0.925. The molecule has 0 radical (unpaired) electrons. The van der Waals surface area contributed by atoms with Gasteiger partial charge in [-0.05, 0) is 31.5 Å². The fourth-order valence-electron chi connectivity index (χ4n) is 4.47. The Balaban J connectivity index is 1.50. The second kappa shape index (κ2) is 7.74. The number of piperazine rings is 1. The van der Waals surface area contributed by atoms with E-state index in [0.717, 1.165) is 36.0 Å². The highest BCUT2D eigenvalue weighted by atomic mass is 32.1. The van der Waals surface area contributed by atoms with Crippen molar-refractivity contribution in [2.75, 3.05) is 31.1 Å². The Morgan fingerprint density at radius 2 is 1.70 bits per heavy atom. The topological polar surface area (TPSA) is 58.1 Å². The third-order valence-electron chi connectivity index (χ3n) is 6.00. The summed E-state index contributed by atoms with van der Waals surface area (Å²) in [5.41, 5.74) is 3.79. The third kappa shape index (κ3) is 3.34. The molecule has 30 heavy (non-hydrogen) atoms. The van der Waals surface area contributed by atoms with Crippen molar-refractivity contribution < 1.29 is 10.0 Å². The number of fused-ring (bicyclic) bond motifs is 1. The molecule has 1 aliphatic heterocycles. The number of hydrogen-bond acceptors (Lipinski definition) is 5. The van der Waals surface area contributed by atoms with Gasteiger partial charge in [-0.3, -0.25) is 0 Å². The van der Waals surface area contributed by atoms with Gasteiger partial charge < -0.3 is 14.9 Å². The fourth-order valence-corrected chi connectivity index (χ4v) is 5.65. The first-order valence-corrected chi connectivity index (χ1v) is 11.2. The van der Waals surface area contributed by atoms with Crippen LogP contribution in [0.4, 0.5) is 5.69 Å². The number of rotatable bonds is 4. The summed E-state index contributed by atoms with van der Waals surface area (Å²) in [5.74, 6) is 0.904. The highest BCUT2D eigenvalue weighted by Gasteiger charge is 2.35. The van der Waals surface area contributed by atoms with Crippen LogP contribution in [0.2, 0.25) is 0 Å². The van der Waals surface area contributed by atoms with E-state index in [0.29, 0.717) is 5.82 Å². The number of nitrogens with zero attached hydrogens (tertiary/aromatic N) is 4. The van der Waals surface area contributed by atoms with E-state index in [-0.39, 0.29) is 11.9 Å². The van der Waals surface area contributed by atoms with Crippen LogP contribution in [0, 0.1) is 13.8 Å². The maximum absolute atomic E-state index is 11.0. The monoisotopic (exact) mass is 420 g/mol. The minimum atomic E-state index is 0.0675. The van der Waals surface area contributed by atoms with Crippen LogP contribution in [0.5, 0.6) is 5.88 Å². The van der Waals surface area contributed by atoms with Crippen LogP contribution in [0.1, 0.15) is 27.9 Å². The van der Waals surface area contributed by atoms with Gasteiger partial charge in [0, 0.05) is 11.3 Å². The normalized spacial score (nSPS) is 16.3. The van der Waals surface area contributed by atoms with Gasteiger partial charge in [-0.1, -0.05) is 53.8 Å². The maximum Gasteiger partial charge on any atom is 0.235 e. The van der Waals surface area contributed by atoms with Gasteiger partial charge in [0.15, 0.2) is 6.04 Å².